The van der Waals surface area contributed by atoms with E-state index < -0.39 is 0 Å². The predicted octanol–water partition coefficient (Wildman–Crippen LogP) is 7.84. The third-order valence-electron chi connectivity index (χ3n) is 6.48. The summed E-state index contributed by atoms with van der Waals surface area (Å²) in [5.74, 6) is 0.661. The number of fused-ring (bicyclic) bond motifs is 1. The van der Waals surface area contributed by atoms with E-state index in [1.807, 2.05) is 60.7 Å². The van der Waals surface area contributed by atoms with Crippen LogP contribution in [0.15, 0.2) is 76.5 Å². The second-order valence-corrected chi connectivity index (χ2v) is 12.8. The first kappa shape index (κ1) is 28.5. The van der Waals surface area contributed by atoms with Crippen molar-refractivity contribution in [3.63, 3.8) is 0 Å². The van der Waals surface area contributed by atoms with Gasteiger partial charge >= 0.3 is 0 Å². The first-order valence-electron chi connectivity index (χ1n) is 13.1. The summed E-state index contributed by atoms with van der Waals surface area (Å²) in [5.41, 5.74) is 4.46. The lowest BCUT2D eigenvalue weighted by atomic mass is 9.78. The van der Waals surface area contributed by atoms with Crippen molar-refractivity contribution in [2.45, 2.75) is 63.9 Å². The summed E-state index contributed by atoms with van der Waals surface area (Å²) in [4.78, 5) is 16.5. The molecule has 0 radical (unpaired) electrons. The van der Waals surface area contributed by atoms with E-state index in [2.05, 4.69) is 59.7 Å². The molecule has 3 aromatic carbocycles. The van der Waals surface area contributed by atoms with Gasteiger partial charge in [-0.2, -0.15) is 5.26 Å². The average Bonchev–Trinajstić information content (AvgIpc) is 2.88. The molecule has 202 valence electrons. The van der Waals surface area contributed by atoms with E-state index in [9.17, 15) is 10.1 Å². The number of carbonyl (C=O) groups excluding carboxylic acids is 1. The van der Waals surface area contributed by atoms with Crippen molar-refractivity contribution in [1.29, 1.82) is 5.26 Å². The summed E-state index contributed by atoms with van der Waals surface area (Å²) in [6.45, 7) is 13.6. The van der Waals surface area contributed by atoms with Gasteiger partial charge < -0.3 is 9.47 Å². The second kappa shape index (κ2) is 11.7. The average molecular weight is 541 g/mol. The Morgan fingerprint density at radius 3 is 2.15 bits per heavy atom. The number of hydrogen-bond acceptors (Lipinski definition) is 5. The molecule has 0 atom stereocenters. The Kier molecular flexibility index (Phi) is 8.54. The summed E-state index contributed by atoms with van der Waals surface area (Å²) in [6, 6.07) is 24.1. The van der Waals surface area contributed by atoms with Crippen LogP contribution in [0.25, 0.3) is 6.08 Å². The fourth-order valence-corrected chi connectivity index (χ4v) is 5.54. The van der Waals surface area contributed by atoms with E-state index in [-0.39, 0.29) is 30.1 Å². The van der Waals surface area contributed by atoms with Crippen molar-refractivity contribution in [2.75, 3.05) is 18.2 Å². The molecule has 0 N–H and O–H groups in total. The molecule has 0 unspecified atom stereocenters. The quantitative estimate of drug-likeness (QED) is 0.132. The number of nitriles is 1. The van der Waals surface area contributed by atoms with Crippen LogP contribution in [0.3, 0.4) is 0 Å². The van der Waals surface area contributed by atoms with Crippen molar-refractivity contribution in [1.82, 2.24) is 0 Å². The van der Waals surface area contributed by atoms with E-state index in [0.717, 1.165) is 38.6 Å². The molecule has 4 rings (SSSR count). The summed E-state index contributed by atoms with van der Waals surface area (Å²) in [5, 5.41) is 9.38. The lowest BCUT2D eigenvalue weighted by Gasteiger charge is -2.31. The Labute approximate surface area is 236 Å². The van der Waals surface area contributed by atoms with Gasteiger partial charge in [0.1, 0.15) is 12.3 Å². The molecule has 0 aromatic heterocycles. The smallest absolute Gasteiger partial charge is 0.266 e. The molecule has 0 spiro atoms. The Balaban J connectivity index is 1.71. The minimum Gasteiger partial charge on any atom is -0.467 e. The van der Waals surface area contributed by atoms with Crippen LogP contribution in [-0.2, 0) is 27.0 Å². The van der Waals surface area contributed by atoms with Crippen LogP contribution in [0.2, 0.25) is 0 Å². The fourth-order valence-electron chi connectivity index (χ4n) is 4.48. The number of carbonyl (C=O) groups is 1. The minimum atomic E-state index is -0.216. The van der Waals surface area contributed by atoms with Gasteiger partial charge in [0.25, 0.3) is 5.91 Å². The predicted molar refractivity (Wildman–Crippen MR) is 159 cm³/mol. The Hall–Kier alpha value is -3.53. The number of nitrogens with zero attached hydrogens (tertiary/aromatic N) is 2. The monoisotopic (exact) mass is 540 g/mol. The number of ether oxygens (including phenoxy) is 2. The van der Waals surface area contributed by atoms with Gasteiger partial charge in [0, 0.05) is 16.0 Å². The van der Waals surface area contributed by atoms with Crippen LogP contribution in [0.5, 0.6) is 5.75 Å². The molecule has 1 amide bonds. The molecule has 0 aliphatic carbocycles. The molecule has 0 bridgehead atoms. The summed E-state index contributed by atoms with van der Waals surface area (Å²) in [7, 11) is 0. The molecule has 39 heavy (non-hydrogen) atoms. The number of rotatable bonds is 7. The normalized spacial score (nSPS) is 14.7. The molecule has 6 heteroatoms. The zero-order valence-electron chi connectivity index (χ0n) is 23.6. The lowest BCUT2D eigenvalue weighted by molar-refractivity contribution is -0.114. The fraction of sp³-hybridized carbons (Fsp3) is 0.333. The standard InChI is InChI=1S/C33H36N2O3S/c1-32(2,3)25-18-24(20-29-31(36)35(17-16-34)27-14-10-11-15-28(27)39-29)19-26(33(4,5)6)30(25)38-22-37-21-23-12-8-7-9-13-23/h7-15,18-20H,17,21-22H2,1-6H3. The zero-order chi connectivity index (χ0) is 28.2. The van der Waals surface area contributed by atoms with Crippen LogP contribution in [0.1, 0.15) is 63.8 Å². The van der Waals surface area contributed by atoms with Gasteiger partial charge in [-0.15, -0.1) is 0 Å². The number of benzene rings is 3. The molecular weight excluding hydrogens is 504 g/mol. The first-order chi connectivity index (χ1) is 18.5. The number of amides is 1. The largest absolute Gasteiger partial charge is 0.467 e. The molecule has 0 saturated carbocycles. The van der Waals surface area contributed by atoms with Crippen LogP contribution < -0.4 is 9.64 Å². The van der Waals surface area contributed by atoms with Crippen LogP contribution >= 0.6 is 11.8 Å². The second-order valence-electron chi connectivity index (χ2n) is 11.7. The highest BCUT2D eigenvalue weighted by Gasteiger charge is 2.31. The highest BCUT2D eigenvalue weighted by Crippen LogP contribution is 2.44. The number of anilines is 1. The Morgan fingerprint density at radius 1 is 0.923 bits per heavy atom. The Bertz CT molecular complexity index is 1370. The van der Waals surface area contributed by atoms with Crippen molar-refractivity contribution >= 4 is 29.4 Å². The summed E-state index contributed by atoms with van der Waals surface area (Å²) < 4.78 is 12.2. The topological polar surface area (TPSA) is 62.6 Å². The van der Waals surface area contributed by atoms with Crippen molar-refractivity contribution in [3.8, 4) is 11.8 Å². The van der Waals surface area contributed by atoms with Gasteiger partial charge in [0.05, 0.1) is 23.3 Å². The molecule has 0 fully saturated rings. The molecule has 1 aliphatic rings. The van der Waals surface area contributed by atoms with E-state index in [1.54, 1.807) is 4.90 Å². The van der Waals surface area contributed by atoms with Crippen molar-refractivity contribution in [3.05, 3.63) is 93.9 Å². The van der Waals surface area contributed by atoms with Crippen molar-refractivity contribution in [2.24, 2.45) is 0 Å². The third kappa shape index (κ3) is 6.73. The molecule has 3 aromatic rings. The minimum absolute atomic E-state index is 0.00396. The van der Waals surface area contributed by atoms with Gasteiger partial charge in [0.15, 0.2) is 6.79 Å². The lowest BCUT2D eigenvalue weighted by Crippen LogP contribution is -2.34. The molecular formula is C33H36N2O3S. The summed E-state index contributed by atoms with van der Waals surface area (Å²) in [6.07, 6.45) is 1.94. The van der Waals surface area contributed by atoms with Crippen LogP contribution in [0.4, 0.5) is 5.69 Å². The van der Waals surface area contributed by atoms with Gasteiger partial charge in [-0.3, -0.25) is 9.69 Å². The van der Waals surface area contributed by atoms with E-state index in [1.165, 1.54) is 11.8 Å². The molecule has 5 nitrogen and oxygen atoms in total. The van der Waals surface area contributed by atoms with Gasteiger partial charge in [-0.25, -0.2) is 0 Å². The Morgan fingerprint density at radius 2 is 1.54 bits per heavy atom. The molecule has 0 saturated heterocycles. The molecule has 1 heterocycles. The van der Waals surface area contributed by atoms with E-state index in [0.29, 0.717) is 11.5 Å². The highest BCUT2D eigenvalue weighted by atomic mass is 32.2. The zero-order valence-corrected chi connectivity index (χ0v) is 24.4. The van der Waals surface area contributed by atoms with E-state index in [4.69, 9.17) is 9.47 Å². The first-order valence-corrected chi connectivity index (χ1v) is 13.9. The maximum atomic E-state index is 13.4. The van der Waals surface area contributed by atoms with Crippen LogP contribution in [-0.4, -0.2) is 19.2 Å². The highest BCUT2D eigenvalue weighted by molar-refractivity contribution is 8.04. The van der Waals surface area contributed by atoms with Crippen molar-refractivity contribution < 1.29 is 14.3 Å². The third-order valence-corrected chi connectivity index (χ3v) is 7.56. The summed E-state index contributed by atoms with van der Waals surface area (Å²) >= 11 is 1.44. The molecule has 1 aliphatic heterocycles. The van der Waals surface area contributed by atoms with Gasteiger partial charge in [-0.05, 0) is 52.3 Å². The maximum Gasteiger partial charge on any atom is 0.266 e. The number of para-hydroxylation sites is 1. The van der Waals surface area contributed by atoms with Crippen LogP contribution in [0, 0.1) is 11.3 Å². The van der Waals surface area contributed by atoms with Gasteiger partial charge in [-0.1, -0.05) is 95.8 Å². The SMILES string of the molecule is CC(C)(C)c1cc(C=C2Sc3ccccc3N(CC#N)C2=O)cc(C(C)(C)C)c1OCOCc1ccccc1. The van der Waals surface area contributed by atoms with Gasteiger partial charge in [0.2, 0.25) is 0 Å². The maximum absolute atomic E-state index is 13.4. The number of thioether (sulfide) groups is 1. The van der Waals surface area contributed by atoms with E-state index >= 15 is 0 Å². The number of hydrogen-bond donors (Lipinski definition) is 0.